The van der Waals surface area contributed by atoms with Crippen LogP contribution in [0, 0.1) is 0 Å². The van der Waals surface area contributed by atoms with E-state index in [9.17, 15) is 0 Å². The summed E-state index contributed by atoms with van der Waals surface area (Å²) >= 11 is 3.48. The third-order valence-corrected chi connectivity index (χ3v) is 2.84. The molecule has 2 rings (SSSR count). The minimum atomic E-state index is 0.451. The van der Waals surface area contributed by atoms with Gasteiger partial charge < -0.3 is 0 Å². The average molecular weight is 241 g/mol. The van der Waals surface area contributed by atoms with Gasteiger partial charge in [0.15, 0.2) is 0 Å². The van der Waals surface area contributed by atoms with Gasteiger partial charge in [0.25, 0.3) is 0 Å². The van der Waals surface area contributed by atoms with Gasteiger partial charge in [0.05, 0.1) is 0 Å². The molecule has 0 aromatic heterocycles. The molecule has 0 saturated carbocycles. The Kier molecular flexibility index (Phi) is 2.67. The topological polar surface area (TPSA) is 24.1 Å². The molecule has 0 spiro atoms. The van der Waals surface area contributed by atoms with E-state index in [0.717, 1.165) is 10.9 Å². The van der Waals surface area contributed by atoms with Crippen molar-refractivity contribution in [3.05, 3.63) is 34.3 Å². The van der Waals surface area contributed by atoms with Crippen LogP contribution in [0.4, 0.5) is 0 Å². The molecule has 1 aromatic rings. The molecule has 2 N–H and O–H groups in total. The molecule has 2 atom stereocenters. The summed E-state index contributed by atoms with van der Waals surface area (Å²) in [6, 6.07) is 9.45. The molecule has 1 fully saturated rings. The molecule has 0 radical (unpaired) electrons. The van der Waals surface area contributed by atoms with Crippen molar-refractivity contribution in [1.82, 2.24) is 10.9 Å². The van der Waals surface area contributed by atoms with E-state index in [4.69, 9.17) is 0 Å². The summed E-state index contributed by atoms with van der Waals surface area (Å²) in [5.74, 6) is 0. The Balaban J connectivity index is 2.16. The van der Waals surface area contributed by atoms with Crippen LogP contribution in [0.1, 0.15) is 24.9 Å². The van der Waals surface area contributed by atoms with Crippen LogP contribution in [0.5, 0.6) is 0 Å². The maximum atomic E-state index is 3.48. The highest BCUT2D eigenvalue weighted by Gasteiger charge is 2.21. The van der Waals surface area contributed by atoms with E-state index in [1.807, 2.05) is 0 Å². The Bertz CT molecular complexity index is 301. The molecule has 3 heteroatoms. The van der Waals surface area contributed by atoms with Gasteiger partial charge in [-0.15, -0.1) is 0 Å². The number of hydrazine groups is 1. The zero-order valence-corrected chi connectivity index (χ0v) is 9.14. The predicted octanol–water partition coefficient (Wildman–Crippen LogP) is 2.38. The number of hydrogen-bond donors (Lipinski definition) is 2. The molecule has 2 nitrogen and oxygen atoms in total. The van der Waals surface area contributed by atoms with E-state index in [1.54, 1.807) is 0 Å². The van der Waals surface area contributed by atoms with E-state index in [2.05, 4.69) is 58.0 Å². The van der Waals surface area contributed by atoms with Crippen LogP contribution in [0.3, 0.4) is 0 Å². The summed E-state index contributed by atoms with van der Waals surface area (Å²) in [5.41, 5.74) is 7.84. The van der Waals surface area contributed by atoms with Crippen LogP contribution in [0.15, 0.2) is 28.7 Å². The summed E-state index contributed by atoms with van der Waals surface area (Å²) in [4.78, 5) is 0. The Labute approximate surface area is 86.8 Å². The highest BCUT2D eigenvalue weighted by atomic mass is 79.9. The zero-order valence-electron chi connectivity index (χ0n) is 7.55. The van der Waals surface area contributed by atoms with Gasteiger partial charge >= 0.3 is 0 Å². The van der Waals surface area contributed by atoms with Crippen LogP contribution in [0.2, 0.25) is 0 Å². The molecule has 1 heterocycles. The number of nitrogens with one attached hydrogen (secondary N) is 2. The standard InChI is InChI=1S/C10H13BrN2/c1-7-5-10(13-12-7)8-3-2-4-9(11)6-8/h2-4,6-7,10,12-13H,5H2,1H3. The second-order valence-corrected chi connectivity index (χ2v) is 4.45. The quantitative estimate of drug-likeness (QED) is 0.788. The molecule has 0 bridgehead atoms. The Hall–Kier alpha value is -0.380. The lowest BCUT2D eigenvalue weighted by molar-refractivity contribution is 0.560. The lowest BCUT2D eigenvalue weighted by Crippen LogP contribution is -2.28. The molecule has 2 unspecified atom stereocenters. The van der Waals surface area contributed by atoms with Crippen molar-refractivity contribution in [3.63, 3.8) is 0 Å². The van der Waals surface area contributed by atoms with Crippen molar-refractivity contribution in [1.29, 1.82) is 0 Å². The van der Waals surface area contributed by atoms with Gasteiger partial charge in [-0.1, -0.05) is 28.1 Å². The second-order valence-electron chi connectivity index (χ2n) is 3.53. The summed E-state index contributed by atoms with van der Waals surface area (Å²) in [6.45, 7) is 2.19. The molecule has 70 valence electrons. The minimum absolute atomic E-state index is 0.451. The molecule has 0 amide bonds. The summed E-state index contributed by atoms with van der Waals surface area (Å²) in [7, 11) is 0. The van der Waals surface area contributed by atoms with Gasteiger partial charge in [-0.05, 0) is 31.0 Å². The van der Waals surface area contributed by atoms with Crippen LogP contribution in [-0.4, -0.2) is 6.04 Å². The first-order chi connectivity index (χ1) is 6.25. The molecular formula is C10H13BrN2. The van der Waals surface area contributed by atoms with Crippen LogP contribution < -0.4 is 10.9 Å². The maximum absolute atomic E-state index is 3.48. The third-order valence-electron chi connectivity index (χ3n) is 2.34. The predicted molar refractivity (Wildman–Crippen MR) is 57.2 cm³/mol. The summed E-state index contributed by atoms with van der Waals surface area (Å²) in [6.07, 6.45) is 1.15. The number of hydrogen-bond acceptors (Lipinski definition) is 2. The van der Waals surface area contributed by atoms with Crippen LogP contribution in [0.25, 0.3) is 0 Å². The first-order valence-electron chi connectivity index (χ1n) is 4.52. The van der Waals surface area contributed by atoms with E-state index in [0.29, 0.717) is 12.1 Å². The van der Waals surface area contributed by atoms with E-state index >= 15 is 0 Å². The highest BCUT2D eigenvalue weighted by molar-refractivity contribution is 9.10. The SMILES string of the molecule is CC1CC(c2cccc(Br)c2)NN1. The van der Waals surface area contributed by atoms with Gasteiger partial charge in [-0.25, -0.2) is 0 Å². The van der Waals surface area contributed by atoms with E-state index in [-0.39, 0.29) is 0 Å². The number of rotatable bonds is 1. The van der Waals surface area contributed by atoms with E-state index in [1.165, 1.54) is 5.56 Å². The van der Waals surface area contributed by atoms with Crippen molar-refractivity contribution in [2.75, 3.05) is 0 Å². The molecular weight excluding hydrogens is 228 g/mol. The monoisotopic (exact) mass is 240 g/mol. The van der Waals surface area contributed by atoms with Crippen LogP contribution in [-0.2, 0) is 0 Å². The number of benzene rings is 1. The fourth-order valence-electron chi connectivity index (χ4n) is 1.66. The number of halogens is 1. The normalized spacial score (nSPS) is 27.8. The molecule has 1 aliphatic heterocycles. The van der Waals surface area contributed by atoms with E-state index < -0.39 is 0 Å². The lowest BCUT2D eigenvalue weighted by atomic mass is 10.0. The van der Waals surface area contributed by atoms with Gasteiger partial charge in [0.1, 0.15) is 0 Å². The van der Waals surface area contributed by atoms with Crippen molar-refractivity contribution >= 4 is 15.9 Å². The molecule has 1 aromatic carbocycles. The third kappa shape index (κ3) is 2.10. The van der Waals surface area contributed by atoms with Crippen molar-refractivity contribution in [3.8, 4) is 0 Å². The molecule has 0 aliphatic carbocycles. The Morgan fingerprint density at radius 3 is 2.85 bits per heavy atom. The first kappa shape index (κ1) is 9.19. The van der Waals surface area contributed by atoms with Crippen molar-refractivity contribution in [2.45, 2.75) is 25.4 Å². The maximum Gasteiger partial charge on any atom is 0.0478 e. The fraction of sp³-hybridized carbons (Fsp3) is 0.400. The second kappa shape index (κ2) is 3.78. The average Bonchev–Trinajstić information content (AvgIpc) is 2.52. The largest absolute Gasteiger partial charge is 0.254 e. The highest BCUT2D eigenvalue weighted by Crippen LogP contribution is 2.24. The van der Waals surface area contributed by atoms with Crippen LogP contribution >= 0.6 is 15.9 Å². The Morgan fingerprint density at radius 1 is 1.38 bits per heavy atom. The zero-order chi connectivity index (χ0) is 9.26. The first-order valence-corrected chi connectivity index (χ1v) is 5.31. The van der Waals surface area contributed by atoms with Gasteiger partial charge in [-0.3, -0.25) is 10.9 Å². The van der Waals surface area contributed by atoms with Crippen molar-refractivity contribution < 1.29 is 0 Å². The van der Waals surface area contributed by atoms with Crippen molar-refractivity contribution in [2.24, 2.45) is 0 Å². The molecule has 1 aliphatic rings. The molecule has 1 saturated heterocycles. The van der Waals surface area contributed by atoms with Gasteiger partial charge in [0.2, 0.25) is 0 Å². The smallest absolute Gasteiger partial charge is 0.0478 e. The van der Waals surface area contributed by atoms with Gasteiger partial charge in [0, 0.05) is 16.6 Å². The summed E-state index contributed by atoms with van der Waals surface area (Å²) < 4.78 is 1.14. The van der Waals surface area contributed by atoms with Gasteiger partial charge in [-0.2, -0.15) is 0 Å². The fourth-order valence-corrected chi connectivity index (χ4v) is 2.07. The summed E-state index contributed by atoms with van der Waals surface area (Å²) in [5, 5.41) is 0. The minimum Gasteiger partial charge on any atom is -0.254 e. The Morgan fingerprint density at radius 2 is 2.23 bits per heavy atom. The molecule has 13 heavy (non-hydrogen) atoms. The lowest BCUT2D eigenvalue weighted by Gasteiger charge is -2.09.